The van der Waals surface area contributed by atoms with E-state index in [9.17, 15) is 4.39 Å². The van der Waals surface area contributed by atoms with E-state index in [-0.39, 0.29) is 5.82 Å². The molecular weight excluding hydrogens is 163 g/mol. The molecule has 1 heteroatoms. The lowest BCUT2D eigenvalue weighted by Gasteiger charge is -2.15. The van der Waals surface area contributed by atoms with Crippen LogP contribution in [0.3, 0.4) is 0 Å². The zero-order chi connectivity index (χ0) is 9.42. The monoisotopic (exact) mass is 178 g/mol. The minimum atomic E-state index is -0.0943. The van der Waals surface area contributed by atoms with E-state index >= 15 is 0 Å². The molecular formula is C12H15F. The highest BCUT2D eigenvalue weighted by molar-refractivity contribution is 5.35. The van der Waals surface area contributed by atoms with Crippen LogP contribution in [0.4, 0.5) is 4.39 Å². The lowest BCUT2D eigenvalue weighted by Crippen LogP contribution is -2.01. The molecule has 0 spiro atoms. The summed E-state index contributed by atoms with van der Waals surface area (Å²) in [5, 5.41) is 0. The fourth-order valence-corrected chi connectivity index (χ4v) is 2.31. The van der Waals surface area contributed by atoms with Gasteiger partial charge in [-0.2, -0.15) is 0 Å². The van der Waals surface area contributed by atoms with E-state index in [1.54, 1.807) is 12.1 Å². The van der Waals surface area contributed by atoms with Crippen LogP contribution >= 0.6 is 0 Å². The molecule has 0 saturated carbocycles. The molecule has 0 aromatic heterocycles. The first-order valence-corrected chi connectivity index (χ1v) is 4.97. The van der Waals surface area contributed by atoms with Gasteiger partial charge in [0.05, 0.1) is 0 Å². The SMILES string of the molecule is CC(C)C1CCc2cc(F)ccc21. The second-order valence-electron chi connectivity index (χ2n) is 4.23. The van der Waals surface area contributed by atoms with E-state index in [0.29, 0.717) is 11.8 Å². The lowest BCUT2D eigenvalue weighted by molar-refractivity contribution is 0.495. The Balaban J connectivity index is 2.38. The Morgan fingerprint density at radius 1 is 1.38 bits per heavy atom. The Kier molecular flexibility index (Phi) is 2.10. The predicted molar refractivity (Wildman–Crippen MR) is 52.3 cm³/mol. The van der Waals surface area contributed by atoms with Crippen molar-refractivity contribution in [3.63, 3.8) is 0 Å². The van der Waals surface area contributed by atoms with Gasteiger partial charge in [-0.25, -0.2) is 4.39 Å². The third kappa shape index (κ3) is 1.48. The zero-order valence-electron chi connectivity index (χ0n) is 8.18. The molecule has 1 aromatic carbocycles. The van der Waals surface area contributed by atoms with Crippen LogP contribution in [0, 0.1) is 11.7 Å². The quantitative estimate of drug-likeness (QED) is 0.617. The first kappa shape index (κ1) is 8.74. The van der Waals surface area contributed by atoms with Gasteiger partial charge in [-0.3, -0.25) is 0 Å². The number of rotatable bonds is 1. The van der Waals surface area contributed by atoms with Crippen molar-refractivity contribution in [3.8, 4) is 0 Å². The van der Waals surface area contributed by atoms with Gasteiger partial charge in [-0.1, -0.05) is 19.9 Å². The highest BCUT2D eigenvalue weighted by Crippen LogP contribution is 2.38. The third-order valence-corrected chi connectivity index (χ3v) is 3.03. The van der Waals surface area contributed by atoms with E-state index in [1.165, 1.54) is 17.5 Å². The molecule has 1 aromatic rings. The molecule has 0 amide bonds. The Bertz CT molecular complexity index is 315. The minimum Gasteiger partial charge on any atom is -0.207 e. The minimum absolute atomic E-state index is 0.0943. The summed E-state index contributed by atoms with van der Waals surface area (Å²) in [6.45, 7) is 4.48. The maximum Gasteiger partial charge on any atom is 0.123 e. The smallest absolute Gasteiger partial charge is 0.123 e. The fourth-order valence-electron chi connectivity index (χ4n) is 2.31. The Morgan fingerprint density at radius 2 is 2.15 bits per heavy atom. The largest absolute Gasteiger partial charge is 0.207 e. The molecule has 0 radical (unpaired) electrons. The van der Waals surface area contributed by atoms with Gasteiger partial charge in [0.15, 0.2) is 0 Å². The second kappa shape index (κ2) is 3.13. The number of hydrogen-bond acceptors (Lipinski definition) is 0. The first-order valence-electron chi connectivity index (χ1n) is 4.97. The van der Waals surface area contributed by atoms with Crippen molar-refractivity contribution < 1.29 is 4.39 Å². The number of fused-ring (bicyclic) bond motifs is 1. The van der Waals surface area contributed by atoms with Crippen molar-refractivity contribution >= 4 is 0 Å². The van der Waals surface area contributed by atoms with Gasteiger partial charge in [0, 0.05) is 0 Å². The number of aryl methyl sites for hydroxylation is 1. The molecule has 1 aliphatic carbocycles. The van der Waals surface area contributed by atoms with Crippen LogP contribution < -0.4 is 0 Å². The highest BCUT2D eigenvalue weighted by Gasteiger charge is 2.24. The molecule has 0 N–H and O–H groups in total. The van der Waals surface area contributed by atoms with Gasteiger partial charge < -0.3 is 0 Å². The molecule has 0 nitrogen and oxygen atoms in total. The Labute approximate surface area is 78.8 Å². The van der Waals surface area contributed by atoms with Crippen LogP contribution in [0.1, 0.15) is 37.3 Å². The molecule has 0 fully saturated rings. The van der Waals surface area contributed by atoms with Crippen LogP contribution in [0.15, 0.2) is 18.2 Å². The Morgan fingerprint density at radius 3 is 2.85 bits per heavy atom. The van der Waals surface area contributed by atoms with Crippen LogP contribution in [-0.2, 0) is 6.42 Å². The fraction of sp³-hybridized carbons (Fsp3) is 0.500. The second-order valence-corrected chi connectivity index (χ2v) is 4.23. The van der Waals surface area contributed by atoms with Crippen molar-refractivity contribution in [2.24, 2.45) is 5.92 Å². The van der Waals surface area contributed by atoms with Gasteiger partial charge in [0.2, 0.25) is 0 Å². The standard InChI is InChI=1S/C12H15F/c1-8(2)11-5-3-9-7-10(13)4-6-12(9)11/h4,6-8,11H,3,5H2,1-2H3. The lowest BCUT2D eigenvalue weighted by atomic mass is 9.90. The van der Waals surface area contributed by atoms with Crippen LogP contribution in [-0.4, -0.2) is 0 Å². The van der Waals surface area contributed by atoms with Crippen molar-refractivity contribution in [1.29, 1.82) is 0 Å². The number of benzene rings is 1. The topological polar surface area (TPSA) is 0 Å². The molecule has 1 aliphatic rings. The summed E-state index contributed by atoms with van der Waals surface area (Å²) in [5.41, 5.74) is 2.59. The van der Waals surface area contributed by atoms with Crippen LogP contribution in [0.25, 0.3) is 0 Å². The summed E-state index contributed by atoms with van der Waals surface area (Å²) >= 11 is 0. The molecule has 2 rings (SSSR count). The van der Waals surface area contributed by atoms with Gasteiger partial charge in [-0.05, 0) is 47.9 Å². The van der Waals surface area contributed by atoms with Crippen LogP contribution in [0.5, 0.6) is 0 Å². The van der Waals surface area contributed by atoms with Crippen LogP contribution in [0.2, 0.25) is 0 Å². The van der Waals surface area contributed by atoms with Gasteiger partial charge in [-0.15, -0.1) is 0 Å². The predicted octanol–water partition coefficient (Wildman–Crippen LogP) is 3.51. The van der Waals surface area contributed by atoms with E-state index in [0.717, 1.165) is 6.42 Å². The molecule has 1 unspecified atom stereocenters. The summed E-state index contributed by atoms with van der Waals surface area (Å²) in [5.74, 6) is 1.23. The van der Waals surface area contributed by atoms with E-state index in [1.807, 2.05) is 6.07 Å². The molecule has 0 saturated heterocycles. The summed E-state index contributed by atoms with van der Waals surface area (Å²) in [4.78, 5) is 0. The average molecular weight is 178 g/mol. The first-order chi connectivity index (χ1) is 6.18. The third-order valence-electron chi connectivity index (χ3n) is 3.03. The Hall–Kier alpha value is -0.850. The summed E-state index contributed by atoms with van der Waals surface area (Å²) in [6.07, 6.45) is 2.24. The van der Waals surface area contributed by atoms with Gasteiger partial charge in [0.1, 0.15) is 5.82 Å². The van der Waals surface area contributed by atoms with E-state index < -0.39 is 0 Å². The van der Waals surface area contributed by atoms with Gasteiger partial charge >= 0.3 is 0 Å². The van der Waals surface area contributed by atoms with Crippen molar-refractivity contribution in [3.05, 3.63) is 35.1 Å². The molecule has 13 heavy (non-hydrogen) atoms. The summed E-state index contributed by atoms with van der Waals surface area (Å²) < 4.78 is 12.9. The molecule has 0 aliphatic heterocycles. The van der Waals surface area contributed by atoms with Gasteiger partial charge in [0.25, 0.3) is 0 Å². The van der Waals surface area contributed by atoms with Crippen molar-refractivity contribution in [2.45, 2.75) is 32.6 Å². The van der Waals surface area contributed by atoms with E-state index in [4.69, 9.17) is 0 Å². The maximum absolute atomic E-state index is 12.9. The normalized spacial score (nSPS) is 20.8. The van der Waals surface area contributed by atoms with E-state index in [2.05, 4.69) is 13.8 Å². The summed E-state index contributed by atoms with van der Waals surface area (Å²) in [6, 6.07) is 5.24. The molecule has 0 bridgehead atoms. The number of hydrogen-bond donors (Lipinski definition) is 0. The molecule has 1 atom stereocenters. The zero-order valence-corrected chi connectivity index (χ0v) is 8.18. The van der Waals surface area contributed by atoms with Crippen molar-refractivity contribution in [1.82, 2.24) is 0 Å². The summed E-state index contributed by atoms with van der Waals surface area (Å²) in [7, 11) is 0. The number of halogens is 1. The highest BCUT2D eigenvalue weighted by atomic mass is 19.1. The molecule has 70 valence electrons. The molecule has 0 heterocycles. The average Bonchev–Trinajstić information content (AvgIpc) is 2.46. The maximum atomic E-state index is 12.9. The van der Waals surface area contributed by atoms with Crippen molar-refractivity contribution in [2.75, 3.05) is 0 Å².